The molecular weight excluding hydrogens is 354 g/mol. The van der Waals surface area contributed by atoms with Crippen molar-refractivity contribution in [1.82, 2.24) is 15.3 Å². The Labute approximate surface area is 157 Å². The summed E-state index contributed by atoms with van der Waals surface area (Å²) in [6.45, 7) is 10.9. The molecule has 7 heteroatoms. The Kier molecular flexibility index (Phi) is 7.07. The number of aromatic amines is 1. The molecule has 2 atom stereocenters. The highest BCUT2D eigenvalue weighted by molar-refractivity contribution is 8.00. The number of aryl methyl sites for hydroxylation is 1. The van der Waals surface area contributed by atoms with Crippen LogP contribution in [-0.2, 0) is 11.2 Å². The van der Waals surface area contributed by atoms with E-state index in [1.54, 1.807) is 11.3 Å². The van der Waals surface area contributed by atoms with Crippen molar-refractivity contribution in [3.8, 4) is 0 Å². The molecule has 138 valence electrons. The fraction of sp³-hybridized carbons (Fsp3) is 0.611. The largest absolute Gasteiger partial charge is 0.355 e. The first-order valence-corrected chi connectivity index (χ1v) is 10.5. The molecule has 2 aromatic rings. The van der Waals surface area contributed by atoms with Gasteiger partial charge in [0.2, 0.25) is 5.91 Å². The number of carbonyl (C=O) groups is 1. The Hall–Kier alpha value is -1.34. The van der Waals surface area contributed by atoms with Crippen LogP contribution in [0.15, 0.2) is 9.95 Å². The monoisotopic (exact) mass is 381 g/mol. The topological polar surface area (TPSA) is 74.8 Å². The Morgan fingerprint density at radius 3 is 2.72 bits per heavy atom. The second kappa shape index (κ2) is 8.85. The van der Waals surface area contributed by atoms with Gasteiger partial charge in [-0.2, -0.15) is 0 Å². The van der Waals surface area contributed by atoms with Crippen molar-refractivity contribution in [3.63, 3.8) is 0 Å². The number of hydrogen-bond acceptors (Lipinski definition) is 5. The Balaban J connectivity index is 2.28. The van der Waals surface area contributed by atoms with E-state index in [1.807, 2.05) is 13.8 Å². The van der Waals surface area contributed by atoms with Crippen LogP contribution in [0.25, 0.3) is 10.2 Å². The summed E-state index contributed by atoms with van der Waals surface area (Å²) in [6, 6.07) is 0. The second-order valence-electron chi connectivity index (χ2n) is 6.46. The smallest absolute Gasteiger partial charge is 0.260 e. The van der Waals surface area contributed by atoms with Crippen LogP contribution in [0, 0.1) is 12.8 Å². The summed E-state index contributed by atoms with van der Waals surface area (Å²) < 4.78 is 0. The molecule has 1 amide bonds. The van der Waals surface area contributed by atoms with E-state index in [0.717, 1.165) is 39.9 Å². The molecule has 0 aliphatic rings. The van der Waals surface area contributed by atoms with Gasteiger partial charge in [0, 0.05) is 11.4 Å². The Morgan fingerprint density at radius 2 is 2.08 bits per heavy atom. The van der Waals surface area contributed by atoms with Gasteiger partial charge in [-0.05, 0) is 38.2 Å². The molecule has 2 N–H and O–H groups in total. The summed E-state index contributed by atoms with van der Waals surface area (Å²) in [5, 5.41) is 3.80. The van der Waals surface area contributed by atoms with E-state index in [-0.39, 0.29) is 16.7 Å². The average Bonchev–Trinajstić information content (AvgIpc) is 2.88. The van der Waals surface area contributed by atoms with E-state index < -0.39 is 0 Å². The van der Waals surface area contributed by atoms with Crippen molar-refractivity contribution in [3.05, 3.63) is 20.8 Å². The lowest BCUT2D eigenvalue weighted by molar-refractivity contribution is -0.120. The highest BCUT2D eigenvalue weighted by Crippen LogP contribution is 2.31. The summed E-state index contributed by atoms with van der Waals surface area (Å²) in [5.74, 6) is 0.502. The van der Waals surface area contributed by atoms with Crippen LogP contribution in [0.1, 0.15) is 51.0 Å². The molecule has 2 rings (SSSR count). The number of amides is 1. The van der Waals surface area contributed by atoms with Crippen LogP contribution in [0.3, 0.4) is 0 Å². The molecule has 0 spiro atoms. The normalized spacial score (nSPS) is 13.8. The quantitative estimate of drug-likeness (QED) is 0.537. The molecular formula is C18H27N3O2S2. The zero-order valence-corrected chi connectivity index (χ0v) is 17.2. The van der Waals surface area contributed by atoms with Crippen LogP contribution in [0.5, 0.6) is 0 Å². The minimum Gasteiger partial charge on any atom is -0.355 e. The maximum atomic E-state index is 12.6. The van der Waals surface area contributed by atoms with E-state index in [9.17, 15) is 9.59 Å². The SMILES string of the molecule is CCCNC(=O)[C@@H](C)Sc1nc2sc(C)c(C[C@H](C)CC)c2c(=O)[nH]1. The third-order valence-corrected chi connectivity index (χ3v) is 6.32. The molecule has 0 saturated carbocycles. The number of thioether (sulfide) groups is 1. The zero-order valence-electron chi connectivity index (χ0n) is 15.6. The molecule has 0 radical (unpaired) electrons. The van der Waals surface area contributed by atoms with E-state index in [2.05, 4.69) is 36.1 Å². The van der Waals surface area contributed by atoms with Gasteiger partial charge in [-0.3, -0.25) is 9.59 Å². The minimum absolute atomic E-state index is 0.0329. The number of rotatable bonds is 8. The maximum Gasteiger partial charge on any atom is 0.260 e. The van der Waals surface area contributed by atoms with Gasteiger partial charge in [-0.15, -0.1) is 11.3 Å². The van der Waals surface area contributed by atoms with Gasteiger partial charge in [-0.25, -0.2) is 4.98 Å². The number of aromatic nitrogens is 2. The van der Waals surface area contributed by atoms with Crippen LogP contribution in [0.2, 0.25) is 0 Å². The van der Waals surface area contributed by atoms with Crippen LogP contribution >= 0.6 is 23.1 Å². The van der Waals surface area contributed by atoms with Gasteiger partial charge in [0.05, 0.1) is 10.6 Å². The molecule has 0 aliphatic heterocycles. The van der Waals surface area contributed by atoms with Gasteiger partial charge in [0.15, 0.2) is 5.16 Å². The molecule has 25 heavy (non-hydrogen) atoms. The standard InChI is InChI=1S/C18H27N3O2S2/c1-6-8-19-15(22)12(5)25-18-20-16(23)14-13(9-10(3)7-2)11(4)24-17(14)21-18/h10,12H,6-9H2,1-5H3,(H,19,22)(H,20,21,23)/t10-,12-/m1/s1. The lowest BCUT2D eigenvalue weighted by atomic mass is 9.98. The number of thiophene rings is 1. The summed E-state index contributed by atoms with van der Waals surface area (Å²) in [6.07, 6.45) is 2.88. The first-order chi connectivity index (χ1) is 11.9. The molecule has 0 aliphatic carbocycles. The summed E-state index contributed by atoms with van der Waals surface area (Å²) in [5.41, 5.74) is 1.02. The number of fused-ring (bicyclic) bond motifs is 1. The van der Waals surface area contributed by atoms with Crippen molar-refractivity contribution >= 4 is 39.2 Å². The predicted molar refractivity (Wildman–Crippen MR) is 107 cm³/mol. The lowest BCUT2D eigenvalue weighted by Gasteiger charge is -2.11. The average molecular weight is 382 g/mol. The van der Waals surface area contributed by atoms with E-state index in [0.29, 0.717) is 17.6 Å². The van der Waals surface area contributed by atoms with E-state index in [1.165, 1.54) is 11.8 Å². The fourth-order valence-electron chi connectivity index (χ4n) is 2.56. The molecule has 0 saturated heterocycles. The molecule has 0 unspecified atom stereocenters. The number of hydrogen-bond donors (Lipinski definition) is 2. The van der Waals surface area contributed by atoms with Crippen molar-refractivity contribution < 1.29 is 4.79 Å². The van der Waals surface area contributed by atoms with Crippen LogP contribution < -0.4 is 10.9 Å². The van der Waals surface area contributed by atoms with E-state index in [4.69, 9.17) is 0 Å². The molecule has 5 nitrogen and oxygen atoms in total. The first kappa shape index (κ1) is 20.0. The Bertz CT molecular complexity index is 797. The highest BCUT2D eigenvalue weighted by atomic mass is 32.2. The van der Waals surface area contributed by atoms with Crippen molar-refractivity contribution in [1.29, 1.82) is 0 Å². The fourth-order valence-corrected chi connectivity index (χ4v) is 4.49. The first-order valence-electron chi connectivity index (χ1n) is 8.83. The van der Waals surface area contributed by atoms with Gasteiger partial charge in [0.1, 0.15) is 4.83 Å². The lowest BCUT2D eigenvalue weighted by Crippen LogP contribution is -2.31. The van der Waals surface area contributed by atoms with Gasteiger partial charge >= 0.3 is 0 Å². The van der Waals surface area contributed by atoms with Crippen molar-refractivity contribution in [2.75, 3.05) is 6.54 Å². The molecule has 0 fully saturated rings. The van der Waals surface area contributed by atoms with Crippen LogP contribution in [-0.4, -0.2) is 27.7 Å². The predicted octanol–water partition coefficient (Wildman–Crippen LogP) is 3.89. The molecule has 0 bridgehead atoms. The van der Waals surface area contributed by atoms with E-state index >= 15 is 0 Å². The maximum absolute atomic E-state index is 12.6. The summed E-state index contributed by atoms with van der Waals surface area (Å²) in [4.78, 5) is 34.0. The number of nitrogens with one attached hydrogen (secondary N) is 2. The van der Waals surface area contributed by atoms with Gasteiger partial charge < -0.3 is 10.3 Å². The third kappa shape index (κ3) is 4.85. The van der Waals surface area contributed by atoms with Crippen LogP contribution in [0.4, 0.5) is 0 Å². The molecule has 2 aromatic heterocycles. The molecule has 2 heterocycles. The Morgan fingerprint density at radius 1 is 1.36 bits per heavy atom. The highest BCUT2D eigenvalue weighted by Gasteiger charge is 2.19. The number of H-pyrrole nitrogens is 1. The summed E-state index contributed by atoms with van der Waals surface area (Å²) >= 11 is 2.86. The van der Waals surface area contributed by atoms with Crippen molar-refractivity contribution in [2.45, 2.75) is 64.3 Å². The van der Waals surface area contributed by atoms with Gasteiger partial charge in [-0.1, -0.05) is 39.0 Å². The number of nitrogens with zero attached hydrogens (tertiary/aromatic N) is 1. The summed E-state index contributed by atoms with van der Waals surface area (Å²) in [7, 11) is 0. The third-order valence-electron chi connectivity index (χ3n) is 4.30. The molecule has 0 aromatic carbocycles. The van der Waals surface area contributed by atoms with Gasteiger partial charge in [0.25, 0.3) is 5.56 Å². The number of carbonyl (C=O) groups excluding carboxylic acids is 1. The second-order valence-corrected chi connectivity index (χ2v) is 8.99. The van der Waals surface area contributed by atoms with Crippen molar-refractivity contribution in [2.24, 2.45) is 5.92 Å². The zero-order chi connectivity index (χ0) is 18.6. The minimum atomic E-state index is -0.298.